The minimum atomic E-state index is -1.67. The van der Waals surface area contributed by atoms with Crippen molar-refractivity contribution in [3.05, 3.63) is 0 Å². The summed E-state index contributed by atoms with van der Waals surface area (Å²) < 4.78 is 40.4. The number of alkyl halides is 4. The Morgan fingerprint density at radius 3 is 0.854 bits per heavy atom. The summed E-state index contributed by atoms with van der Waals surface area (Å²) in [5.74, 6) is -3.77. The first-order chi connectivity index (χ1) is 42.7. The summed E-state index contributed by atoms with van der Waals surface area (Å²) in [6, 6.07) is 0. The lowest BCUT2D eigenvalue weighted by Gasteiger charge is -2.27. The van der Waals surface area contributed by atoms with Gasteiger partial charge < -0.3 is 61.6 Å². The number of rotatable bonds is 21. The minimum Gasteiger partial charge on any atom is -1.00 e. The first-order valence-electron chi connectivity index (χ1n) is 27.6. The molecule has 0 aliphatic heterocycles. The number of methoxy groups -OCH3 is 2. The lowest BCUT2D eigenvalue weighted by atomic mass is 10.1. The molecule has 0 aromatic rings. The number of nitrogens with zero attached hydrogens (tertiary/aromatic N) is 1. The fourth-order valence-electron chi connectivity index (χ4n) is 3.27. The number of thioether (sulfide) groups is 6. The number of esters is 3. The SMILES string of the molecule is CC(=O)C(C)OC(=O)C(C)(C)SC(=S)SC(C)(C)C(=O)OC(C)C(C)=O.CC(C)(C)[NH3+].CC(C)(SC(=S)SC(C)(C)C(=O)Cl)C(=O)Cl.CC(C)(SC(=S)SC(C)(C)C(=O)O)C(=O)O.CC(C)=O.CCN(CC)CC.COC(=O)C(C)OC.ClC(Cl)Cl.O=S(Cl)Cl.S=C=S.[2H]CF.[Br-]. The van der Waals surface area contributed by atoms with Crippen molar-refractivity contribution in [3.63, 3.8) is 0 Å². The molecule has 40 heteroatoms. The number of hydrogen-bond donors (Lipinski definition) is 3. The van der Waals surface area contributed by atoms with Gasteiger partial charge in [0.15, 0.2) is 34.2 Å². The third-order valence-electron chi connectivity index (χ3n) is 8.93. The molecule has 0 aliphatic carbocycles. The van der Waals surface area contributed by atoms with Crippen LogP contribution in [0, 0.1) is 0 Å². The first kappa shape index (κ1) is 121. The number of carbonyl (C=O) groups is 10. The highest BCUT2D eigenvalue weighted by Crippen LogP contribution is 2.40. The summed E-state index contributed by atoms with van der Waals surface area (Å²) in [6.07, 6.45) is -2.11. The third kappa shape index (κ3) is 89.0. The van der Waals surface area contributed by atoms with E-state index in [0.29, 0.717) is 10.6 Å². The van der Waals surface area contributed by atoms with Crippen LogP contribution in [-0.4, -0.2) is 190 Å². The van der Waals surface area contributed by atoms with Crippen molar-refractivity contribution in [2.24, 2.45) is 0 Å². The second-order valence-corrected chi connectivity index (χ2v) is 41.1. The van der Waals surface area contributed by atoms with Gasteiger partial charge in [0.2, 0.25) is 19.7 Å². The normalized spacial score (nSPS) is 11.7. The van der Waals surface area contributed by atoms with Crippen LogP contribution in [0.5, 0.6) is 0 Å². The quantitative estimate of drug-likeness (QED) is 0.0316. The van der Waals surface area contributed by atoms with E-state index in [2.05, 4.69) is 107 Å². The van der Waals surface area contributed by atoms with Gasteiger partial charge in [0, 0.05) is 32.8 Å². The maximum absolute atomic E-state index is 12.2. The Morgan fingerprint density at radius 1 is 0.562 bits per heavy atom. The topological polar surface area (TPSA) is 296 Å². The van der Waals surface area contributed by atoms with Gasteiger partial charge in [-0.05, 0) is 220 Å². The van der Waals surface area contributed by atoms with E-state index in [0.717, 1.165) is 70.6 Å². The average molecular weight is 1810 g/mol. The smallest absolute Gasteiger partial charge is 0.334 e. The summed E-state index contributed by atoms with van der Waals surface area (Å²) in [5.41, 5.74) is 4.02. The number of quaternary nitrogens is 1. The molecule has 0 aromatic carbocycles. The van der Waals surface area contributed by atoms with Gasteiger partial charge in [0.05, 0.1) is 30.7 Å². The van der Waals surface area contributed by atoms with Crippen molar-refractivity contribution in [2.75, 3.05) is 41.0 Å². The van der Waals surface area contributed by atoms with Gasteiger partial charge in [0.25, 0.3) is 0 Å². The fourth-order valence-corrected chi connectivity index (χ4v) is 14.6. The van der Waals surface area contributed by atoms with Gasteiger partial charge in [0.1, 0.15) is 35.4 Å². The number of halogens is 9. The molecule has 0 bridgehead atoms. The van der Waals surface area contributed by atoms with E-state index >= 15 is 0 Å². The van der Waals surface area contributed by atoms with Gasteiger partial charge >= 0.3 is 29.8 Å². The summed E-state index contributed by atoms with van der Waals surface area (Å²) in [7, 11) is 9.15. The molecule has 0 aliphatic rings. The number of aliphatic carboxylic acids is 2. The standard InChI is InChI=1S/C17H26O6S3.C9H12Cl2O2S3.C9H14O4S3.C6H15N.C5H10O3.C4H11N.C3H6O.CHCl3.CH3F.CS2.BrH.Cl2OS/c1-9(18)11(3)22-13(20)16(5,6)25-15(24)26-17(7,8)14(21)23-12(4)10(2)19;1-8(2,5(10)12)15-7(14)16-9(3,4)6(11)13;1-8(2,5(10)11)15-7(14)16-9(3,4)6(12)13;1-4-7(5-2)6-3;1-4(7-2)5(6)8-3;1-4(2,3)5;1-3(2)4;2-1(3)4;1-2;2-1-3;;1-4(2)3/h11-12H,1-8H3;1-4H3;1-4H3,(H,10,11)(H,12,13);4-6H2,1-3H3;4H,1-3H3;5H2,1-3H3;1-2H3;1H;1H3;;1H;/i;;;;;;;;1D;;;. The molecule has 5 N–H and O–H groups in total. The number of carboxylic acids is 2. The molecule has 570 valence electrons. The molecule has 0 saturated carbocycles. The van der Waals surface area contributed by atoms with Crippen LogP contribution in [0.1, 0.15) is 174 Å². The minimum absolute atomic E-state index is 0. The second kappa shape index (κ2) is 66.4. The van der Waals surface area contributed by atoms with E-state index in [1.54, 1.807) is 62.3 Å². The number of carbonyl (C=O) groups excluding carboxylic acids is 8. The Balaban J connectivity index is -0.0000000893. The third-order valence-corrected chi connectivity index (χ3v) is 18.2. The fraction of sp³-hybridized carbons (Fsp3) is 0.750. The van der Waals surface area contributed by atoms with Crippen LogP contribution >= 0.6 is 211 Å². The monoisotopic (exact) mass is 1800 g/mol. The molecule has 3 unspecified atom stereocenters. The zero-order valence-electron chi connectivity index (χ0n) is 60.1. The Kier molecular flexibility index (Phi) is 83.5. The molecule has 19 nitrogen and oxygen atoms in total. The molecule has 0 rings (SSSR count). The van der Waals surface area contributed by atoms with Crippen LogP contribution in [0.4, 0.5) is 4.39 Å². The van der Waals surface area contributed by atoms with Gasteiger partial charge in [-0.1, -0.05) is 163 Å². The van der Waals surface area contributed by atoms with E-state index in [9.17, 15) is 52.3 Å². The van der Waals surface area contributed by atoms with Crippen molar-refractivity contribution < 1.29 is 110 Å². The number of thiocarbonyl (C=S) groups is 5. The highest BCUT2D eigenvalue weighted by Gasteiger charge is 2.39. The van der Waals surface area contributed by atoms with Crippen molar-refractivity contribution in [2.45, 2.75) is 230 Å². The maximum atomic E-state index is 12.2. The Hall–Kier alpha value is 0.760. The van der Waals surface area contributed by atoms with Gasteiger partial charge in [-0.3, -0.25) is 42.7 Å². The molecule has 96 heavy (non-hydrogen) atoms. The predicted molar refractivity (Wildman–Crippen MR) is 427 cm³/mol. The van der Waals surface area contributed by atoms with Gasteiger partial charge in [-0.25, -0.2) is 9.00 Å². The van der Waals surface area contributed by atoms with Crippen molar-refractivity contribution in [1.82, 2.24) is 4.90 Å². The maximum Gasteiger partial charge on any atom is 0.334 e. The molecule has 0 amide bonds. The van der Waals surface area contributed by atoms with E-state index in [1.807, 2.05) is 4.31 Å². The lowest BCUT2D eigenvalue weighted by Crippen LogP contribution is -3.00. The van der Waals surface area contributed by atoms with Crippen molar-refractivity contribution >= 4 is 293 Å². The van der Waals surface area contributed by atoms with Crippen LogP contribution in [0.2, 0.25) is 0 Å². The molecule has 3 atom stereocenters. The summed E-state index contributed by atoms with van der Waals surface area (Å²) in [4.78, 5) is 113. The molecule has 0 spiro atoms. The molecule has 0 saturated heterocycles. The Bertz CT molecular complexity index is 2230. The van der Waals surface area contributed by atoms with Crippen LogP contribution in [0.25, 0.3) is 0 Å². The molecule has 0 aromatic heterocycles. The number of hydrogen-bond acceptors (Lipinski definition) is 27. The van der Waals surface area contributed by atoms with Crippen LogP contribution < -0.4 is 22.7 Å². The summed E-state index contributed by atoms with van der Waals surface area (Å²) in [5, 5.41) is 16.8. The number of carboxylic acid groups (broad SMARTS) is 2. The zero-order valence-corrected chi connectivity index (χ0v) is 75.8. The highest BCUT2D eigenvalue weighted by atomic mass is 79.9. The largest absolute Gasteiger partial charge is 1.00 e. The molecule has 0 radical (unpaired) electrons. The molecular weight excluding hydrogens is 1700 g/mol. The van der Waals surface area contributed by atoms with E-state index in [-0.39, 0.29) is 45.8 Å². The van der Waals surface area contributed by atoms with E-state index < -0.39 is 102 Å². The lowest BCUT2D eigenvalue weighted by molar-refractivity contribution is -0.458. The second-order valence-electron chi connectivity index (χ2n) is 21.9. The van der Waals surface area contributed by atoms with E-state index in [1.165, 1.54) is 103 Å². The molecular formula is C56H99BrCl7FN2O17S12. The van der Waals surface area contributed by atoms with E-state index in [4.69, 9.17) is 120 Å². The van der Waals surface area contributed by atoms with Gasteiger partial charge in [-0.15, -0.1) is 0 Å². The Labute approximate surface area is 671 Å². The average Bonchev–Trinajstić information content (AvgIpc) is 0.921. The van der Waals surface area contributed by atoms with Crippen molar-refractivity contribution in [1.29, 1.82) is 0 Å². The van der Waals surface area contributed by atoms with Crippen molar-refractivity contribution in [3.8, 4) is 0 Å². The number of Topliss-reactive ketones (excluding diaryl/α,β-unsaturated/α-hetero) is 3. The predicted octanol–water partition coefficient (Wildman–Crippen LogP) is 13.4. The summed E-state index contributed by atoms with van der Waals surface area (Å²) >= 11 is 55.0. The zero-order chi connectivity index (χ0) is 80.1. The number of ether oxygens (including phenoxy) is 4. The van der Waals surface area contributed by atoms with Crippen LogP contribution in [-0.2, 0) is 76.1 Å². The Morgan fingerprint density at radius 2 is 0.740 bits per heavy atom. The summed E-state index contributed by atoms with van der Waals surface area (Å²) in [6.45, 7) is 46.1. The van der Waals surface area contributed by atoms with Crippen LogP contribution in [0.15, 0.2) is 0 Å². The highest BCUT2D eigenvalue weighted by molar-refractivity contribution is 8.49. The van der Waals surface area contributed by atoms with Gasteiger partial charge in [-0.2, -0.15) is 0 Å². The van der Waals surface area contributed by atoms with Crippen LogP contribution in [0.3, 0.4) is 0 Å². The molecule has 0 fully saturated rings. The number of ketones is 3. The first-order valence-corrected chi connectivity index (χ1v) is 38.7. The molecule has 0 heterocycles.